The van der Waals surface area contributed by atoms with Gasteiger partial charge in [0.2, 0.25) is 0 Å². The molecule has 0 aliphatic carbocycles. The Morgan fingerprint density at radius 2 is 2.06 bits per heavy atom. The lowest BCUT2D eigenvalue weighted by molar-refractivity contribution is 0.368. The number of nitrogens with one attached hydrogen (secondary N) is 1. The van der Waals surface area contributed by atoms with Crippen molar-refractivity contribution in [1.82, 2.24) is 5.32 Å². The van der Waals surface area contributed by atoms with Gasteiger partial charge < -0.3 is 5.32 Å². The maximum atomic E-state index is 13.3. The molecule has 0 aliphatic rings. The molecule has 0 fully saturated rings. The number of halogens is 2. The molecule has 1 aromatic carbocycles. The first-order chi connectivity index (χ1) is 8.10. The van der Waals surface area contributed by atoms with Crippen molar-refractivity contribution in [3.05, 3.63) is 34.6 Å². The van der Waals surface area contributed by atoms with E-state index in [4.69, 9.17) is 11.6 Å². The molecule has 0 bridgehead atoms. The second-order valence-corrected chi connectivity index (χ2v) is 4.87. The van der Waals surface area contributed by atoms with Gasteiger partial charge in [-0.25, -0.2) is 4.39 Å². The second kappa shape index (κ2) is 6.97. The molecule has 0 amide bonds. The number of rotatable bonds is 6. The van der Waals surface area contributed by atoms with Gasteiger partial charge >= 0.3 is 0 Å². The Morgan fingerprint density at radius 3 is 2.65 bits per heavy atom. The Bertz CT molecular complexity index is 354. The van der Waals surface area contributed by atoms with Gasteiger partial charge in [-0.15, -0.1) is 0 Å². The summed E-state index contributed by atoms with van der Waals surface area (Å²) in [4.78, 5) is 0. The van der Waals surface area contributed by atoms with Crippen LogP contribution in [0.4, 0.5) is 4.39 Å². The average Bonchev–Trinajstić information content (AvgIpc) is 2.30. The first-order valence-corrected chi connectivity index (χ1v) is 6.66. The summed E-state index contributed by atoms with van der Waals surface area (Å²) in [7, 11) is 0. The zero-order valence-corrected chi connectivity index (χ0v) is 11.5. The Kier molecular flexibility index (Phi) is 5.93. The molecule has 3 heteroatoms. The van der Waals surface area contributed by atoms with Crippen molar-refractivity contribution in [2.75, 3.05) is 6.54 Å². The smallest absolute Gasteiger partial charge is 0.123 e. The quantitative estimate of drug-likeness (QED) is 0.787. The Labute approximate surface area is 108 Å². The van der Waals surface area contributed by atoms with Crippen molar-refractivity contribution in [3.8, 4) is 0 Å². The van der Waals surface area contributed by atoms with E-state index in [0.717, 1.165) is 24.9 Å². The third-order valence-corrected chi connectivity index (χ3v) is 3.37. The topological polar surface area (TPSA) is 12.0 Å². The maximum Gasteiger partial charge on any atom is 0.123 e. The zero-order chi connectivity index (χ0) is 12.8. The van der Waals surface area contributed by atoms with Crippen molar-refractivity contribution in [3.63, 3.8) is 0 Å². The largest absolute Gasteiger partial charge is 0.310 e. The van der Waals surface area contributed by atoms with E-state index < -0.39 is 0 Å². The van der Waals surface area contributed by atoms with Gasteiger partial charge in [0.25, 0.3) is 0 Å². The third kappa shape index (κ3) is 3.97. The molecule has 1 aromatic rings. The predicted molar refractivity (Wildman–Crippen MR) is 71.9 cm³/mol. The minimum absolute atomic E-state index is 0.128. The van der Waals surface area contributed by atoms with E-state index in [2.05, 4.69) is 26.1 Å². The summed E-state index contributed by atoms with van der Waals surface area (Å²) in [6, 6.07) is 4.71. The molecule has 2 unspecified atom stereocenters. The van der Waals surface area contributed by atoms with Gasteiger partial charge in [-0.3, -0.25) is 0 Å². The van der Waals surface area contributed by atoms with E-state index in [1.165, 1.54) is 6.07 Å². The molecule has 96 valence electrons. The molecule has 1 nitrogen and oxygen atoms in total. The highest BCUT2D eigenvalue weighted by Gasteiger charge is 2.20. The fraction of sp³-hybridized carbons (Fsp3) is 0.571. The van der Waals surface area contributed by atoms with E-state index in [9.17, 15) is 4.39 Å². The fourth-order valence-electron chi connectivity index (χ4n) is 2.21. The SMILES string of the molecule is CCCC(C)C(NCC)c1cc(F)ccc1Cl. The highest BCUT2D eigenvalue weighted by molar-refractivity contribution is 6.31. The maximum absolute atomic E-state index is 13.3. The molecule has 1 N–H and O–H groups in total. The van der Waals surface area contributed by atoms with Crippen LogP contribution in [0.15, 0.2) is 18.2 Å². The van der Waals surface area contributed by atoms with Crippen molar-refractivity contribution in [1.29, 1.82) is 0 Å². The van der Waals surface area contributed by atoms with Gasteiger partial charge in [0.05, 0.1) is 0 Å². The first-order valence-electron chi connectivity index (χ1n) is 6.28. The Balaban J connectivity index is 2.99. The minimum atomic E-state index is -0.226. The summed E-state index contributed by atoms with van der Waals surface area (Å²) in [6.45, 7) is 7.25. The number of hydrogen-bond donors (Lipinski definition) is 1. The van der Waals surface area contributed by atoms with Gasteiger partial charge in [-0.1, -0.05) is 38.8 Å². The third-order valence-electron chi connectivity index (χ3n) is 3.03. The van der Waals surface area contributed by atoms with E-state index in [0.29, 0.717) is 10.9 Å². The molecular weight excluding hydrogens is 237 g/mol. The van der Waals surface area contributed by atoms with E-state index in [-0.39, 0.29) is 11.9 Å². The lowest BCUT2D eigenvalue weighted by Gasteiger charge is -2.26. The molecule has 0 spiro atoms. The van der Waals surface area contributed by atoms with Crippen molar-refractivity contribution < 1.29 is 4.39 Å². The lowest BCUT2D eigenvalue weighted by atomic mass is 9.91. The molecule has 17 heavy (non-hydrogen) atoms. The number of hydrogen-bond acceptors (Lipinski definition) is 1. The lowest BCUT2D eigenvalue weighted by Crippen LogP contribution is -2.27. The molecule has 0 saturated heterocycles. The van der Waals surface area contributed by atoms with Crippen molar-refractivity contribution in [2.45, 2.75) is 39.7 Å². The van der Waals surface area contributed by atoms with Crippen molar-refractivity contribution in [2.24, 2.45) is 5.92 Å². The Morgan fingerprint density at radius 1 is 1.35 bits per heavy atom. The second-order valence-electron chi connectivity index (χ2n) is 4.47. The van der Waals surface area contributed by atoms with Gasteiger partial charge in [0.15, 0.2) is 0 Å². The summed E-state index contributed by atoms with van der Waals surface area (Å²) in [5, 5.41) is 4.04. The summed E-state index contributed by atoms with van der Waals surface area (Å²) in [5.41, 5.74) is 0.870. The molecule has 0 aromatic heterocycles. The zero-order valence-electron chi connectivity index (χ0n) is 10.8. The van der Waals surface area contributed by atoms with Crippen LogP contribution in [0.1, 0.15) is 45.2 Å². The van der Waals surface area contributed by atoms with E-state index in [1.807, 2.05) is 0 Å². The van der Waals surface area contributed by atoms with Crippen LogP contribution in [0.3, 0.4) is 0 Å². The fourth-order valence-corrected chi connectivity index (χ4v) is 2.45. The van der Waals surface area contributed by atoms with Crippen LogP contribution >= 0.6 is 11.6 Å². The molecular formula is C14H21ClFN. The van der Waals surface area contributed by atoms with E-state index in [1.54, 1.807) is 12.1 Å². The standard InChI is InChI=1S/C14H21ClFN/c1-4-6-10(3)14(17-5-2)12-9-11(16)7-8-13(12)15/h7-10,14,17H,4-6H2,1-3H3. The highest BCUT2D eigenvalue weighted by Crippen LogP contribution is 2.31. The monoisotopic (exact) mass is 257 g/mol. The van der Waals surface area contributed by atoms with Crippen LogP contribution in [0, 0.1) is 11.7 Å². The molecule has 0 saturated carbocycles. The minimum Gasteiger partial charge on any atom is -0.310 e. The van der Waals surface area contributed by atoms with Crippen LogP contribution in [-0.4, -0.2) is 6.54 Å². The molecule has 0 radical (unpaired) electrons. The molecule has 0 heterocycles. The van der Waals surface area contributed by atoms with Gasteiger partial charge in [0, 0.05) is 11.1 Å². The summed E-state index contributed by atoms with van der Waals surface area (Å²) < 4.78 is 13.3. The van der Waals surface area contributed by atoms with Crippen LogP contribution < -0.4 is 5.32 Å². The summed E-state index contributed by atoms with van der Waals surface area (Å²) in [6.07, 6.45) is 2.22. The van der Waals surface area contributed by atoms with Gasteiger partial charge in [-0.2, -0.15) is 0 Å². The van der Waals surface area contributed by atoms with Crippen LogP contribution in [0.5, 0.6) is 0 Å². The van der Waals surface area contributed by atoms with E-state index >= 15 is 0 Å². The van der Waals surface area contributed by atoms with Gasteiger partial charge in [0.1, 0.15) is 5.82 Å². The van der Waals surface area contributed by atoms with Crippen LogP contribution in [0.2, 0.25) is 5.02 Å². The summed E-state index contributed by atoms with van der Waals surface area (Å²) in [5.74, 6) is 0.218. The first kappa shape index (κ1) is 14.5. The molecule has 1 rings (SSSR count). The average molecular weight is 258 g/mol. The normalized spacial score (nSPS) is 14.6. The van der Waals surface area contributed by atoms with Crippen molar-refractivity contribution >= 4 is 11.6 Å². The summed E-state index contributed by atoms with van der Waals surface area (Å²) >= 11 is 6.16. The number of benzene rings is 1. The molecule has 2 atom stereocenters. The highest BCUT2D eigenvalue weighted by atomic mass is 35.5. The van der Waals surface area contributed by atoms with Gasteiger partial charge in [-0.05, 0) is 42.6 Å². The predicted octanol–water partition coefficient (Wildman–Crippen LogP) is 4.57. The van der Waals surface area contributed by atoms with Crippen LogP contribution in [0.25, 0.3) is 0 Å². The molecule has 0 aliphatic heterocycles. The van der Waals surface area contributed by atoms with Crippen LogP contribution in [-0.2, 0) is 0 Å². The Hall–Kier alpha value is -0.600.